The van der Waals surface area contributed by atoms with Gasteiger partial charge in [0.05, 0.1) is 19.8 Å². The maximum atomic E-state index is 12.2. The Kier molecular flexibility index (Phi) is 10.2. The number of hydrogen-bond donors (Lipinski definition) is 1. The highest BCUT2D eigenvalue weighted by Gasteiger charge is 2.30. The van der Waals surface area contributed by atoms with Gasteiger partial charge in [-0.1, -0.05) is 0 Å². The third-order valence-corrected chi connectivity index (χ3v) is 6.50. The molecule has 0 spiro atoms. The van der Waals surface area contributed by atoms with Gasteiger partial charge in [-0.15, -0.1) is 24.0 Å². The molecular weight excluding hydrogens is 451 g/mol. The highest BCUT2D eigenvalue weighted by Crippen LogP contribution is 2.17. The SMILES string of the molecule is CCNC(=NCCS(=O)C(C)(C)C)N1CCC(N2CCOCC2)C1.I. The van der Waals surface area contributed by atoms with Gasteiger partial charge < -0.3 is 15.0 Å². The summed E-state index contributed by atoms with van der Waals surface area (Å²) in [5.41, 5.74) is 0. The summed E-state index contributed by atoms with van der Waals surface area (Å²) in [6, 6.07) is 0.599. The quantitative estimate of drug-likeness (QED) is 0.363. The summed E-state index contributed by atoms with van der Waals surface area (Å²) in [6.07, 6.45) is 1.18. The van der Waals surface area contributed by atoms with Crippen molar-refractivity contribution in [1.82, 2.24) is 15.1 Å². The van der Waals surface area contributed by atoms with E-state index in [0.717, 1.165) is 51.9 Å². The molecule has 0 amide bonds. The van der Waals surface area contributed by atoms with Crippen LogP contribution in [-0.4, -0.2) is 89.0 Å². The number of nitrogens with zero attached hydrogens (tertiary/aromatic N) is 3. The molecule has 0 aromatic rings. The second-order valence-electron chi connectivity index (χ2n) is 7.43. The van der Waals surface area contributed by atoms with E-state index in [-0.39, 0.29) is 28.7 Å². The van der Waals surface area contributed by atoms with Crippen LogP contribution >= 0.6 is 24.0 Å². The highest BCUT2D eigenvalue weighted by atomic mass is 127. The first kappa shape index (κ1) is 23.1. The smallest absolute Gasteiger partial charge is 0.193 e. The summed E-state index contributed by atoms with van der Waals surface area (Å²) >= 11 is 0. The molecular formula is C17H35IN4O2S. The van der Waals surface area contributed by atoms with Crippen LogP contribution in [0.25, 0.3) is 0 Å². The normalized spacial score (nSPS) is 24.1. The highest BCUT2D eigenvalue weighted by molar-refractivity contribution is 14.0. The predicted molar refractivity (Wildman–Crippen MR) is 117 cm³/mol. The number of likely N-dealkylation sites (tertiary alicyclic amines) is 1. The third-order valence-electron chi connectivity index (χ3n) is 4.58. The molecule has 6 nitrogen and oxygen atoms in total. The molecule has 0 radical (unpaired) electrons. The van der Waals surface area contributed by atoms with E-state index in [1.54, 1.807) is 0 Å². The Morgan fingerprint density at radius 2 is 1.96 bits per heavy atom. The topological polar surface area (TPSA) is 57.2 Å². The van der Waals surface area contributed by atoms with Crippen molar-refractivity contribution >= 4 is 40.7 Å². The third kappa shape index (κ3) is 7.30. The lowest BCUT2D eigenvalue weighted by Crippen LogP contribution is -2.46. The minimum Gasteiger partial charge on any atom is -0.379 e. The summed E-state index contributed by atoms with van der Waals surface area (Å²) < 4.78 is 17.5. The van der Waals surface area contributed by atoms with Crippen LogP contribution in [0.1, 0.15) is 34.1 Å². The first-order chi connectivity index (χ1) is 11.4. The predicted octanol–water partition coefficient (Wildman–Crippen LogP) is 1.52. The Morgan fingerprint density at radius 3 is 2.56 bits per heavy atom. The lowest BCUT2D eigenvalue weighted by atomic mass is 10.2. The second kappa shape index (κ2) is 11.0. The first-order valence-electron chi connectivity index (χ1n) is 9.15. The maximum absolute atomic E-state index is 12.2. The van der Waals surface area contributed by atoms with Crippen LogP contribution in [-0.2, 0) is 15.5 Å². The fraction of sp³-hybridized carbons (Fsp3) is 0.941. The fourth-order valence-electron chi connectivity index (χ4n) is 3.14. The number of ether oxygens (including phenoxy) is 1. The van der Waals surface area contributed by atoms with Crippen LogP contribution in [0.3, 0.4) is 0 Å². The Morgan fingerprint density at radius 1 is 1.28 bits per heavy atom. The number of hydrogen-bond acceptors (Lipinski definition) is 4. The van der Waals surface area contributed by atoms with Crippen molar-refractivity contribution in [1.29, 1.82) is 0 Å². The fourth-order valence-corrected chi connectivity index (χ4v) is 4.01. The zero-order valence-electron chi connectivity index (χ0n) is 16.1. The van der Waals surface area contributed by atoms with Crippen molar-refractivity contribution in [3.8, 4) is 0 Å². The summed E-state index contributed by atoms with van der Waals surface area (Å²) in [6.45, 7) is 15.5. The lowest BCUT2D eigenvalue weighted by Gasteiger charge is -2.32. The Balaban J connectivity index is 0.00000312. The van der Waals surface area contributed by atoms with Crippen molar-refractivity contribution in [3.05, 3.63) is 0 Å². The standard InChI is InChI=1S/C17H34N4O2S.HI/c1-5-18-16(19-7-13-24(22)17(2,3)4)21-8-6-15(14-21)20-9-11-23-12-10-20;/h15H,5-14H2,1-4H3,(H,18,19);1H. The summed E-state index contributed by atoms with van der Waals surface area (Å²) in [5, 5.41) is 3.39. The van der Waals surface area contributed by atoms with Crippen LogP contribution in [0, 0.1) is 0 Å². The van der Waals surface area contributed by atoms with E-state index >= 15 is 0 Å². The largest absolute Gasteiger partial charge is 0.379 e. The first-order valence-corrected chi connectivity index (χ1v) is 10.5. The Hall–Kier alpha value is 0.0700. The number of rotatable bonds is 5. The molecule has 25 heavy (non-hydrogen) atoms. The van der Waals surface area contributed by atoms with E-state index in [2.05, 4.69) is 22.0 Å². The van der Waals surface area contributed by atoms with Crippen molar-refractivity contribution in [3.63, 3.8) is 0 Å². The molecule has 2 heterocycles. The molecule has 0 bridgehead atoms. The van der Waals surface area contributed by atoms with Gasteiger partial charge in [0.25, 0.3) is 0 Å². The lowest BCUT2D eigenvalue weighted by molar-refractivity contribution is 0.0195. The minimum atomic E-state index is -0.846. The summed E-state index contributed by atoms with van der Waals surface area (Å²) in [7, 11) is -0.846. The molecule has 2 aliphatic heterocycles. The van der Waals surface area contributed by atoms with Gasteiger partial charge in [-0.2, -0.15) is 0 Å². The molecule has 2 rings (SSSR count). The van der Waals surface area contributed by atoms with E-state index in [1.807, 2.05) is 20.8 Å². The van der Waals surface area contributed by atoms with Gasteiger partial charge in [0.2, 0.25) is 0 Å². The van der Waals surface area contributed by atoms with Gasteiger partial charge in [-0.25, -0.2) is 0 Å². The molecule has 0 aromatic carbocycles. The van der Waals surface area contributed by atoms with E-state index in [4.69, 9.17) is 9.73 Å². The number of nitrogens with one attached hydrogen (secondary N) is 1. The minimum absolute atomic E-state index is 0. The molecule has 2 aliphatic rings. The van der Waals surface area contributed by atoms with Gasteiger partial charge in [-0.05, 0) is 34.1 Å². The van der Waals surface area contributed by atoms with Gasteiger partial charge >= 0.3 is 0 Å². The van der Waals surface area contributed by atoms with E-state index in [0.29, 0.717) is 18.3 Å². The molecule has 2 unspecified atom stereocenters. The number of halogens is 1. The van der Waals surface area contributed by atoms with Crippen LogP contribution in [0.4, 0.5) is 0 Å². The van der Waals surface area contributed by atoms with Gasteiger partial charge in [0, 0.05) is 60.1 Å². The van der Waals surface area contributed by atoms with Crippen molar-refractivity contribution < 1.29 is 8.95 Å². The Bertz CT molecular complexity index is 450. The zero-order chi connectivity index (χ0) is 17.6. The van der Waals surface area contributed by atoms with E-state index in [9.17, 15) is 4.21 Å². The molecule has 148 valence electrons. The molecule has 2 atom stereocenters. The molecule has 2 saturated heterocycles. The monoisotopic (exact) mass is 486 g/mol. The second-order valence-corrected chi connectivity index (χ2v) is 9.76. The molecule has 8 heteroatoms. The summed E-state index contributed by atoms with van der Waals surface area (Å²) in [5.74, 6) is 1.60. The number of aliphatic imine (C=N–C) groups is 1. The average Bonchev–Trinajstić information content (AvgIpc) is 3.03. The van der Waals surface area contributed by atoms with Gasteiger partial charge in [-0.3, -0.25) is 14.1 Å². The average molecular weight is 486 g/mol. The van der Waals surface area contributed by atoms with Crippen LogP contribution in [0.5, 0.6) is 0 Å². The number of guanidine groups is 1. The van der Waals surface area contributed by atoms with E-state index in [1.165, 1.54) is 6.42 Å². The van der Waals surface area contributed by atoms with Crippen LogP contribution < -0.4 is 5.32 Å². The van der Waals surface area contributed by atoms with Gasteiger partial charge in [0.15, 0.2) is 5.96 Å². The Labute approximate surface area is 172 Å². The van der Waals surface area contributed by atoms with Crippen molar-refractivity contribution in [2.45, 2.75) is 44.9 Å². The number of morpholine rings is 1. The van der Waals surface area contributed by atoms with Crippen LogP contribution in [0.15, 0.2) is 4.99 Å². The molecule has 2 fully saturated rings. The molecule has 1 N–H and O–H groups in total. The van der Waals surface area contributed by atoms with Crippen molar-refractivity contribution in [2.24, 2.45) is 4.99 Å². The summed E-state index contributed by atoms with van der Waals surface area (Å²) in [4.78, 5) is 9.62. The van der Waals surface area contributed by atoms with Crippen LogP contribution in [0.2, 0.25) is 0 Å². The van der Waals surface area contributed by atoms with E-state index < -0.39 is 10.8 Å². The van der Waals surface area contributed by atoms with Crippen molar-refractivity contribution in [2.75, 3.05) is 58.2 Å². The maximum Gasteiger partial charge on any atom is 0.193 e. The molecule has 0 aliphatic carbocycles. The zero-order valence-corrected chi connectivity index (χ0v) is 19.3. The van der Waals surface area contributed by atoms with Gasteiger partial charge in [0.1, 0.15) is 0 Å². The molecule has 0 saturated carbocycles. The molecule has 0 aromatic heterocycles.